The highest BCUT2D eigenvalue weighted by Gasteiger charge is 2.39. The van der Waals surface area contributed by atoms with E-state index >= 15 is 0 Å². The summed E-state index contributed by atoms with van der Waals surface area (Å²) in [4.78, 5) is 23.0. The van der Waals surface area contributed by atoms with Crippen molar-refractivity contribution in [2.24, 2.45) is 0 Å². The molecule has 6 nitrogen and oxygen atoms in total. The van der Waals surface area contributed by atoms with Crippen LogP contribution in [0.5, 0.6) is 0 Å². The van der Waals surface area contributed by atoms with Gasteiger partial charge in [-0.3, -0.25) is 4.90 Å². The molecule has 0 radical (unpaired) electrons. The molecule has 8 aromatic carbocycles. The van der Waals surface area contributed by atoms with Gasteiger partial charge in [-0.1, -0.05) is 135 Å². The Kier molecular flexibility index (Phi) is 7.95. The molecule has 0 bridgehead atoms. The minimum atomic E-state index is -0.357. The molecule has 0 spiro atoms. The third kappa shape index (κ3) is 5.51. The topological polar surface area (TPSA) is 48.4 Å². The van der Waals surface area contributed by atoms with Crippen LogP contribution in [0.3, 0.4) is 0 Å². The average Bonchev–Trinajstić information content (AvgIpc) is 3.70. The number of fused-ring (bicyclic) bond motifs is 7. The van der Waals surface area contributed by atoms with Crippen molar-refractivity contribution >= 4 is 83.0 Å². The summed E-state index contributed by atoms with van der Waals surface area (Å²) in [7, 11) is 0. The maximum absolute atomic E-state index is 5.42. The third-order valence-corrected chi connectivity index (χ3v) is 13.4. The molecule has 4 heterocycles. The maximum atomic E-state index is 5.42. The van der Waals surface area contributed by atoms with Crippen LogP contribution in [0.15, 0.2) is 194 Å². The molecule has 0 saturated carbocycles. The lowest BCUT2D eigenvalue weighted by atomic mass is 9.73. The molecule has 0 saturated heterocycles. The van der Waals surface area contributed by atoms with Crippen LogP contribution in [-0.4, -0.2) is 15.0 Å². The van der Waals surface area contributed by atoms with Gasteiger partial charge < -0.3 is 9.80 Å². The zero-order chi connectivity index (χ0) is 40.7. The Morgan fingerprint density at radius 3 is 1.69 bits per heavy atom. The Morgan fingerprint density at radius 2 is 0.967 bits per heavy atom. The van der Waals surface area contributed by atoms with Gasteiger partial charge in [0.05, 0.1) is 34.1 Å². The molecule has 10 aromatic rings. The van der Waals surface area contributed by atoms with Crippen LogP contribution < -0.4 is 14.7 Å². The molecule has 290 valence electrons. The van der Waals surface area contributed by atoms with E-state index < -0.39 is 0 Å². The second-order valence-corrected chi connectivity index (χ2v) is 17.1. The Morgan fingerprint density at radius 1 is 0.410 bits per heavy atom. The van der Waals surface area contributed by atoms with E-state index in [2.05, 4.69) is 204 Å². The van der Waals surface area contributed by atoms with Crippen molar-refractivity contribution in [1.82, 2.24) is 15.0 Å². The summed E-state index contributed by atoms with van der Waals surface area (Å²) in [5.74, 6) is 1.85. The zero-order valence-electron chi connectivity index (χ0n) is 33.6. The Hall–Kier alpha value is -7.61. The number of hydrogen-bond donors (Lipinski definition) is 0. The van der Waals surface area contributed by atoms with E-state index in [1.54, 1.807) is 11.3 Å². The van der Waals surface area contributed by atoms with Gasteiger partial charge in [0.2, 0.25) is 5.95 Å². The van der Waals surface area contributed by atoms with Crippen LogP contribution in [0, 0.1) is 0 Å². The SMILES string of the molecule is CC1(C)c2ccccc2N(c2nc(-c3ccccc3)nc(-c3cccc4c3sc3ccccc34)n2)c2ccc(N3c4ccccc4N(c4ccccc4)c4ccccc43)cc21. The van der Waals surface area contributed by atoms with Gasteiger partial charge in [0, 0.05) is 48.1 Å². The lowest BCUT2D eigenvalue weighted by Crippen LogP contribution is -2.32. The van der Waals surface area contributed by atoms with Crippen molar-refractivity contribution in [2.45, 2.75) is 19.3 Å². The first-order chi connectivity index (χ1) is 30.0. The molecule has 0 N–H and O–H groups in total. The van der Waals surface area contributed by atoms with E-state index in [1.165, 1.54) is 26.6 Å². The van der Waals surface area contributed by atoms with E-state index in [1.807, 2.05) is 18.2 Å². The Bertz CT molecular complexity index is 3280. The van der Waals surface area contributed by atoms with E-state index in [9.17, 15) is 0 Å². The molecule has 61 heavy (non-hydrogen) atoms. The molecule has 0 amide bonds. The van der Waals surface area contributed by atoms with Crippen LogP contribution >= 0.6 is 11.3 Å². The van der Waals surface area contributed by atoms with Crippen molar-refractivity contribution in [3.05, 3.63) is 205 Å². The minimum absolute atomic E-state index is 0.357. The highest BCUT2D eigenvalue weighted by atomic mass is 32.1. The summed E-state index contributed by atoms with van der Waals surface area (Å²) in [6.07, 6.45) is 0. The fraction of sp³-hybridized carbons (Fsp3) is 0.0556. The zero-order valence-corrected chi connectivity index (χ0v) is 34.4. The van der Waals surface area contributed by atoms with Gasteiger partial charge in [-0.25, -0.2) is 4.98 Å². The standard InChI is InChI=1S/C54H38N6S/c1-54(2)41-25-10-11-26-43(41)60(53-56-51(35-18-5-3-6-19-35)55-52(57-53)40-24-17-23-39-38-22-9-16-31-49(38)61-50(39)40)44-33-32-37(34-42(44)54)59-47-29-14-12-27-45(47)58(36-20-7-4-8-21-36)46-28-13-15-30-48(46)59/h3-34H,1-2H3. The van der Waals surface area contributed by atoms with Crippen LogP contribution in [0.1, 0.15) is 25.0 Å². The lowest BCUT2D eigenvalue weighted by molar-refractivity contribution is 0.630. The summed E-state index contributed by atoms with van der Waals surface area (Å²) >= 11 is 1.79. The van der Waals surface area contributed by atoms with Crippen LogP contribution in [0.4, 0.5) is 51.4 Å². The normalized spacial score (nSPS) is 13.8. The largest absolute Gasteiger partial charge is 0.306 e. The number of hydrogen-bond acceptors (Lipinski definition) is 7. The monoisotopic (exact) mass is 802 g/mol. The van der Waals surface area contributed by atoms with Crippen molar-refractivity contribution in [3.63, 3.8) is 0 Å². The summed E-state index contributed by atoms with van der Waals surface area (Å²) in [5.41, 5.74) is 12.7. The van der Waals surface area contributed by atoms with E-state index in [-0.39, 0.29) is 5.41 Å². The third-order valence-electron chi connectivity index (χ3n) is 12.2. The highest BCUT2D eigenvalue weighted by molar-refractivity contribution is 7.26. The molecular weight excluding hydrogens is 765 g/mol. The van der Waals surface area contributed by atoms with E-state index in [4.69, 9.17) is 15.0 Å². The van der Waals surface area contributed by atoms with Crippen molar-refractivity contribution < 1.29 is 0 Å². The Labute approximate surface area is 358 Å². The average molecular weight is 803 g/mol. The molecule has 0 unspecified atom stereocenters. The van der Waals surface area contributed by atoms with Gasteiger partial charge in [0.25, 0.3) is 0 Å². The predicted octanol–water partition coefficient (Wildman–Crippen LogP) is 14.9. The van der Waals surface area contributed by atoms with Gasteiger partial charge in [-0.05, 0) is 83.9 Å². The number of benzene rings is 8. The summed E-state index contributed by atoms with van der Waals surface area (Å²) in [6.45, 7) is 4.66. The number of aromatic nitrogens is 3. The van der Waals surface area contributed by atoms with E-state index in [0.717, 1.165) is 61.3 Å². The molecular formula is C54H38N6S. The molecule has 2 aliphatic heterocycles. The summed E-state index contributed by atoms with van der Waals surface area (Å²) in [6, 6.07) is 68.9. The lowest BCUT2D eigenvalue weighted by Gasteiger charge is -2.43. The quantitative estimate of drug-likeness (QED) is 0.173. The number of thiophene rings is 1. The van der Waals surface area contributed by atoms with E-state index in [0.29, 0.717) is 17.6 Å². The van der Waals surface area contributed by atoms with Gasteiger partial charge in [-0.2, -0.15) is 9.97 Å². The summed E-state index contributed by atoms with van der Waals surface area (Å²) < 4.78 is 2.41. The fourth-order valence-corrected chi connectivity index (χ4v) is 10.6. The van der Waals surface area contributed by atoms with Crippen molar-refractivity contribution in [3.8, 4) is 22.8 Å². The molecule has 7 heteroatoms. The molecule has 0 atom stereocenters. The number of para-hydroxylation sites is 6. The van der Waals surface area contributed by atoms with Gasteiger partial charge in [0.1, 0.15) is 0 Å². The molecule has 0 aliphatic carbocycles. The smallest absolute Gasteiger partial charge is 0.238 e. The van der Waals surface area contributed by atoms with Crippen LogP contribution in [0.25, 0.3) is 42.9 Å². The minimum Gasteiger partial charge on any atom is -0.306 e. The molecule has 12 rings (SSSR count). The van der Waals surface area contributed by atoms with Gasteiger partial charge in [-0.15, -0.1) is 11.3 Å². The first-order valence-electron chi connectivity index (χ1n) is 20.6. The predicted molar refractivity (Wildman–Crippen MR) is 253 cm³/mol. The first kappa shape index (κ1) is 35.3. The second-order valence-electron chi connectivity index (χ2n) is 16.1. The number of anilines is 9. The van der Waals surface area contributed by atoms with Crippen LogP contribution in [-0.2, 0) is 5.41 Å². The molecule has 0 fully saturated rings. The first-order valence-corrected chi connectivity index (χ1v) is 21.4. The fourth-order valence-electron chi connectivity index (χ4n) is 9.35. The maximum Gasteiger partial charge on any atom is 0.238 e. The molecule has 2 aliphatic rings. The second kappa shape index (κ2) is 13.7. The van der Waals surface area contributed by atoms with Gasteiger partial charge >= 0.3 is 0 Å². The van der Waals surface area contributed by atoms with Crippen LogP contribution in [0.2, 0.25) is 0 Å². The summed E-state index contributed by atoms with van der Waals surface area (Å²) in [5, 5.41) is 2.45. The number of nitrogens with zero attached hydrogens (tertiary/aromatic N) is 6. The van der Waals surface area contributed by atoms with Crippen molar-refractivity contribution in [1.29, 1.82) is 0 Å². The molecule has 2 aromatic heterocycles. The van der Waals surface area contributed by atoms with Gasteiger partial charge in [0.15, 0.2) is 11.6 Å². The highest BCUT2D eigenvalue weighted by Crippen LogP contribution is 2.57. The van der Waals surface area contributed by atoms with Crippen molar-refractivity contribution in [2.75, 3.05) is 14.7 Å². The Balaban J connectivity index is 1.07. The number of rotatable bonds is 5.